The first-order valence-electron chi connectivity index (χ1n) is 5.68. The summed E-state index contributed by atoms with van der Waals surface area (Å²) in [5.41, 5.74) is 1.97. The lowest BCUT2D eigenvalue weighted by Crippen LogP contribution is -2.13. The van der Waals surface area contributed by atoms with Gasteiger partial charge < -0.3 is 4.74 Å². The summed E-state index contributed by atoms with van der Waals surface area (Å²) in [6, 6.07) is 8.39. The quantitative estimate of drug-likeness (QED) is 0.763. The van der Waals surface area contributed by atoms with E-state index in [1.807, 2.05) is 39.0 Å². The van der Waals surface area contributed by atoms with E-state index in [0.29, 0.717) is 6.61 Å². The topological polar surface area (TPSA) is 33.0 Å². The molecule has 1 aromatic rings. The minimum Gasteiger partial charge on any atom is -0.493 e. The molecule has 0 N–H and O–H groups in total. The van der Waals surface area contributed by atoms with E-state index < -0.39 is 0 Å². The molecule has 2 nitrogen and oxygen atoms in total. The Labute approximate surface area is 112 Å². The number of halogens is 1. The molecule has 0 atom stereocenters. The molecule has 0 bridgehead atoms. The van der Waals surface area contributed by atoms with Crippen LogP contribution in [0.15, 0.2) is 18.2 Å². The van der Waals surface area contributed by atoms with Crippen LogP contribution in [0.1, 0.15) is 31.4 Å². The Bertz CT molecular complexity index is 421. The molecular weight excluding hydrogens is 278 g/mol. The largest absolute Gasteiger partial charge is 0.493 e. The maximum absolute atomic E-state index is 8.93. The Morgan fingerprint density at radius 3 is 2.71 bits per heavy atom. The van der Waals surface area contributed by atoms with Gasteiger partial charge >= 0.3 is 0 Å². The number of rotatable bonds is 5. The number of nitrogens with zero attached hydrogens (tertiary/aromatic N) is 1. The van der Waals surface area contributed by atoms with Gasteiger partial charge in [-0.3, -0.25) is 0 Å². The van der Waals surface area contributed by atoms with Gasteiger partial charge in [-0.2, -0.15) is 5.26 Å². The molecule has 3 heteroatoms. The fourth-order valence-corrected chi connectivity index (χ4v) is 1.93. The standard InChI is InChI=1S/C14H18BrNO/c1-11-5-4-6-12(9-15)13(11)17-8-7-14(2,3)10-16/h4-6H,7-9H2,1-3H3. The molecule has 0 unspecified atom stereocenters. The molecule has 0 amide bonds. The summed E-state index contributed by atoms with van der Waals surface area (Å²) < 4.78 is 5.82. The van der Waals surface area contributed by atoms with Crippen molar-refractivity contribution >= 4 is 15.9 Å². The number of ether oxygens (including phenoxy) is 1. The predicted octanol–water partition coefficient (Wildman–Crippen LogP) is 4.21. The normalized spacial score (nSPS) is 11.0. The van der Waals surface area contributed by atoms with Crippen LogP contribution in [-0.2, 0) is 5.33 Å². The molecule has 0 aliphatic heterocycles. The molecule has 92 valence electrons. The van der Waals surface area contributed by atoms with Gasteiger partial charge in [0.15, 0.2) is 0 Å². The van der Waals surface area contributed by atoms with Gasteiger partial charge in [-0.15, -0.1) is 0 Å². The number of benzene rings is 1. The van der Waals surface area contributed by atoms with Crippen LogP contribution in [-0.4, -0.2) is 6.61 Å². The highest BCUT2D eigenvalue weighted by Gasteiger charge is 2.17. The third-order valence-electron chi connectivity index (χ3n) is 2.71. The first kappa shape index (κ1) is 14.1. The van der Waals surface area contributed by atoms with Crippen LogP contribution in [0.5, 0.6) is 5.75 Å². The lowest BCUT2D eigenvalue weighted by atomic mass is 9.92. The number of aryl methyl sites for hydroxylation is 1. The van der Waals surface area contributed by atoms with Crippen molar-refractivity contribution in [2.24, 2.45) is 5.41 Å². The summed E-state index contributed by atoms with van der Waals surface area (Å²) in [4.78, 5) is 0. The Morgan fingerprint density at radius 1 is 1.41 bits per heavy atom. The van der Waals surface area contributed by atoms with Crippen molar-refractivity contribution in [2.75, 3.05) is 6.61 Å². The summed E-state index contributed by atoms with van der Waals surface area (Å²) in [6.07, 6.45) is 0.736. The zero-order valence-corrected chi connectivity index (χ0v) is 12.2. The summed E-state index contributed by atoms with van der Waals surface area (Å²) >= 11 is 3.46. The van der Waals surface area contributed by atoms with Gasteiger partial charge in [0.1, 0.15) is 5.75 Å². The van der Waals surface area contributed by atoms with E-state index in [2.05, 4.69) is 22.0 Å². The van der Waals surface area contributed by atoms with Gasteiger partial charge in [-0.1, -0.05) is 34.1 Å². The van der Waals surface area contributed by atoms with Crippen molar-refractivity contribution in [2.45, 2.75) is 32.5 Å². The second kappa shape index (κ2) is 6.07. The van der Waals surface area contributed by atoms with Gasteiger partial charge in [-0.25, -0.2) is 0 Å². The van der Waals surface area contributed by atoms with E-state index in [4.69, 9.17) is 10.00 Å². The third-order valence-corrected chi connectivity index (χ3v) is 3.32. The van der Waals surface area contributed by atoms with E-state index in [9.17, 15) is 0 Å². The zero-order valence-electron chi connectivity index (χ0n) is 10.6. The number of para-hydroxylation sites is 1. The molecule has 1 aromatic carbocycles. The third kappa shape index (κ3) is 4.05. The molecule has 0 saturated carbocycles. The van der Waals surface area contributed by atoms with Crippen molar-refractivity contribution in [3.05, 3.63) is 29.3 Å². The molecule has 0 radical (unpaired) electrons. The van der Waals surface area contributed by atoms with Crippen LogP contribution in [0.3, 0.4) is 0 Å². The van der Waals surface area contributed by atoms with Crippen LogP contribution in [0, 0.1) is 23.7 Å². The van der Waals surface area contributed by atoms with E-state index >= 15 is 0 Å². The highest BCUT2D eigenvalue weighted by Crippen LogP contribution is 2.27. The van der Waals surface area contributed by atoms with Crippen molar-refractivity contribution in [1.82, 2.24) is 0 Å². The Hall–Kier alpha value is -1.01. The first-order valence-corrected chi connectivity index (χ1v) is 6.81. The van der Waals surface area contributed by atoms with Gasteiger partial charge in [0, 0.05) is 10.9 Å². The van der Waals surface area contributed by atoms with E-state index in [1.54, 1.807) is 0 Å². The van der Waals surface area contributed by atoms with Crippen molar-refractivity contribution in [1.29, 1.82) is 5.26 Å². The molecule has 0 aliphatic rings. The molecule has 0 saturated heterocycles. The number of alkyl halides is 1. The predicted molar refractivity (Wildman–Crippen MR) is 73.3 cm³/mol. The fourth-order valence-electron chi connectivity index (χ4n) is 1.49. The highest BCUT2D eigenvalue weighted by atomic mass is 79.9. The Morgan fingerprint density at radius 2 is 2.12 bits per heavy atom. The number of hydrogen-bond donors (Lipinski definition) is 0. The number of hydrogen-bond acceptors (Lipinski definition) is 2. The molecule has 0 aromatic heterocycles. The van der Waals surface area contributed by atoms with Crippen LogP contribution in [0.2, 0.25) is 0 Å². The summed E-state index contributed by atoms with van der Waals surface area (Å²) in [5, 5.41) is 9.72. The van der Waals surface area contributed by atoms with Crippen molar-refractivity contribution in [3.8, 4) is 11.8 Å². The average molecular weight is 296 g/mol. The lowest BCUT2D eigenvalue weighted by Gasteiger charge is -2.17. The van der Waals surface area contributed by atoms with E-state index in [0.717, 1.165) is 28.6 Å². The van der Waals surface area contributed by atoms with Gasteiger partial charge in [0.25, 0.3) is 0 Å². The van der Waals surface area contributed by atoms with Crippen molar-refractivity contribution in [3.63, 3.8) is 0 Å². The smallest absolute Gasteiger partial charge is 0.126 e. The Kier molecular flexibility index (Phi) is 5.02. The number of nitriles is 1. The highest BCUT2D eigenvalue weighted by molar-refractivity contribution is 9.08. The minimum absolute atomic E-state index is 0.322. The lowest BCUT2D eigenvalue weighted by molar-refractivity contribution is 0.261. The second-order valence-corrected chi connectivity index (χ2v) is 5.35. The maximum Gasteiger partial charge on any atom is 0.126 e. The molecule has 0 aliphatic carbocycles. The fraction of sp³-hybridized carbons (Fsp3) is 0.500. The monoisotopic (exact) mass is 295 g/mol. The minimum atomic E-state index is -0.322. The molecule has 1 rings (SSSR count). The second-order valence-electron chi connectivity index (χ2n) is 4.79. The van der Waals surface area contributed by atoms with Crippen LogP contribution in [0.25, 0.3) is 0 Å². The maximum atomic E-state index is 8.93. The van der Waals surface area contributed by atoms with E-state index in [-0.39, 0.29) is 5.41 Å². The summed E-state index contributed by atoms with van der Waals surface area (Å²) in [6.45, 7) is 6.47. The molecule has 0 fully saturated rings. The summed E-state index contributed by atoms with van der Waals surface area (Å²) in [7, 11) is 0. The average Bonchev–Trinajstić information content (AvgIpc) is 2.31. The molecular formula is C14H18BrNO. The summed E-state index contributed by atoms with van der Waals surface area (Å²) in [5.74, 6) is 0.943. The van der Waals surface area contributed by atoms with Gasteiger partial charge in [0.2, 0.25) is 0 Å². The van der Waals surface area contributed by atoms with Crippen LogP contribution in [0.4, 0.5) is 0 Å². The van der Waals surface area contributed by atoms with Crippen LogP contribution < -0.4 is 4.74 Å². The van der Waals surface area contributed by atoms with E-state index in [1.165, 1.54) is 0 Å². The van der Waals surface area contributed by atoms with Gasteiger partial charge in [-0.05, 0) is 32.8 Å². The SMILES string of the molecule is Cc1cccc(CBr)c1OCCC(C)(C)C#N. The van der Waals surface area contributed by atoms with Gasteiger partial charge in [0.05, 0.1) is 18.1 Å². The molecule has 0 heterocycles. The Balaban J connectivity index is 2.67. The van der Waals surface area contributed by atoms with Crippen molar-refractivity contribution < 1.29 is 4.74 Å². The first-order chi connectivity index (χ1) is 8.00. The van der Waals surface area contributed by atoms with Crippen LogP contribution >= 0.6 is 15.9 Å². The molecule has 17 heavy (non-hydrogen) atoms. The molecule has 0 spiro atoms. The zero-order chi connectivity index (χ0) is 12.9.